The van der Waals surface area contributed by atoms with Crippen LogP contribution < -0.4 is 10.5 Å². The van der Waals surface area contributed by atoms with E-state index in [0.717, 1.165) is 36.8 Å². The fourth-order valence-electron chi connectivity index (χ4n) is 4.99. The van der Waals surface area contributed by atoms with Gasteiger partial charge >= 0.3 is 11.9 Å². The van der Waals surface area contributed by atoms with E-state index in [4.69, 9.17) is 15.2 Å². The molecule has 6 nitrogen and oxygen atoms in total. The summed E-state index contributed by atoms with van der Waals surface area (Å²) in [6.07, 6.45) is 4.49. The Morgan fingerprint density at radius 2 is 1.68 bits per heavy atom. The van der Waals surface area contributed by atoms with Crippen molar-refractivity contribution in [1.82, 2.24) is 0 Å². The Morgan fingerprint density at radius 1 is 1.09 bits per heavy atom. The zero-order valence-corrected chi connectivity index (χ0v) is 19.5. The summed E-state index contributed by atoms with van der Waals surface area (Å²) < 4.78 is 26.7. The number of para-hydroxylation sites is 2. The van der Waals surface area contributed by atoms with Crippen molar-refractivity contribution >= 4 is 11.9 Å². The van der Waals surface area contributed by atoms with E-state index in [0.29, 0.717) is 17.9 Å². The minimum Gasteiger partial charge on any atom is -0.480 e. The van der Waals surface area contributed by atoms with Gasteiger partial charge in [-0.05, 0) is 25.0 Å². The second-order valence-electron chi connectivity index (χ2n) is 9.45. The smallest absolute Gasteiger partial charge is 0.344 e. The molecule has 0 aromatic heterocycles. The monoisotopic (exact) mass is 469 g/mol. The highest BCUT2D eigenvalue weighted by Crippen LogP contribution is 2.57. The van der Waals surface area contributed by atoms with E-state index in [1.165, 1.54) is 0 Å². The number of carbonyl (C=O) groups is 2. The van der Waals surface area contributed by atoms with Crippen molar-refractivity contribution in [2.45, 2.75) is 69.0 Å². The highest BCUT2D eigenvalue weighted by atomic mass is 19.1. The fourth-order valence-corrected chi connectivity index (χ4v) is 4.99. The molecule has 1 aliphatic carbocycles. The van der Waals surface area contributed by atoms with E-state index >= 15 is 4.39 Å². The molecule has 0 radical (unpaired) electrons. The third-order valence-corrected chi connectivity index (χ3v) is 7.08. The van der Waals surface area contributed by atoms with E-state index in [-0.39, 0.29) is 19.4 Å². The molecule has 182 valence electrons. The first kappa shape index (κ1) is 24.2. The number of halogens is 1. The summed E-state index contributed by atoms with van der Waals surface area (Å²) >= 11 is 0. The Labute approximate surface area is 199 Å². The highest BCUT2D eigenvalue weighted by Gasteiger charge is 2.72. The first-order valence-corrected chi connectivity index (χ1v) is 12.1. The molecule has 0 amide bonds. The number of ether oxygens (including phenoxy) is 2. The maximum Gasteiger partial charge on any atom is 0.344 e. The lowest BCUT2D eigenvalue weighted by atomic mass is 9.76. The van der Waals surface area contributed by atoms with Crippen molar-refractivity contribution in [3.8, 4) is 11.5 Å². The average Bonchev–Trinajstić information content (AvgIpc) is 3.54. The number of rotatable bonds is 11. The topological polar surface area (TPSA) is 98.9 Å². The van der Waals surface area contributed by atoms with Crippen LogP contribution in [0.4, 0.5) is 4.39 Å². The van der Waals surface area contributed by atoms with Crippen molar-refractivity contribution in [2.24, 2.45) is 11.7 Å². The Balaban J connectivity index is 1.51. The number of esters is 1. The van der Waals surface area contributed by atoms with Gasteiger partial charge in [0.25, 0.3) is 0 Å². The molecule has 1 fully saturated rings. The van der Waals surface area contributed by atoms with Gasteiger partial charge < -0.3 is 20.3 Å². The van der Waals surface area contributed by atoms with Gasteiger partial charge in [-0.15, -0.1) is 0 Å². The molecule has 2 aliphatic rings. The van der Waals surface area contributed by atoms with Gasteiger partial charge in [-0.2, -0.15) is 0 Å². The van der Waals surface area contributed by atoms with Gasteiger partial charge in [0.2, 0.25) is 5.67 Å². The summed E-state index contributed by atoms with van der Waals surface area (Å²) in [5.41, 5.74) is 3.68. The van der Waals surface area contributed by atoms with Gasteiger partial charge in [-0.3, -0.25) is 4.79 Å². The third kappa shape index (κ3) is 4.53. The summed E-state index contributed by atoms with van der Waals surface area (Å²) in [7, 11) is 0. The minimum absolute atomic E-state index is 0.0691. The van der Waals surface area contributed by atoms with Gasteiger partial charge in [-0.1, -0.05) is 69.0 Å². The van der Waals surface area contributed by atoms with Crippen LogP contribution in [0.25, 0.3) is 0 Å². The zero-order valence-electron chi connectivity index (χ0n) is 19.5. The predicted octanol–water partition coefficient (Wildman–Crippen LogP) is 5.34. The van der Waals surface area contributed by atoms with Crippen LogP contribution in [0, 0.1) is 5.92 Å². The van der Waals surface area contributed by atoms with Crippen LogP contribution in [0.3, 0.4) is 0 Å². The van der Waals surface area contributed by atoms with Crippen LogP contribution in [0.5, 0.6) is 11.5 Å². The number of carbonyl (C=O) groups excluding carboxylic acids is 1. The molecule has 7 heteroatoms. The van der Waals surface area contributed by atoms with Gasteiger partial charge in [0.05, 0.1) is 6.61 Å². The summed E-state index contributed by atoms with van der Waals surface area (Å²) in [5, 5.41) is 10.1. The van der Waals surface area contributed by atoms with Crippen LogP contribution in [-0.4, -0.2) is 34.9 Å². The molecule has 3 unspecified atom stereocenters. The van der Waals surface area contributed by atoms with Crippen molar-refractivity contribution in [2.75, 3.05) is 6.61 Å². The molecule has 2 aromatic rings. The van der Waals surface area contributed by atoms with Gasteiger partial charge in [0.1, 0.15) is 17.0 Å². The highest BCUT2D eigenvalue weighted by molar-refractivity contribution is 5.89. The predicted molar refractivity (Wildman–Crippen MR) is 126 cm³/mol. The lowest BCUT2D eigenvalue weighted by molar-refractivity contribution is -0.154. The molecule has 34 heavy (non-hydrogen) atoms. The van der Waals surface area contributed by atoms with Gasteiger partial charge in [-0.25, -0.2) is 9.18 Å². The second-order valence-corrected chi connectivity index (χ2v) is 9.45. The van der Waals surface area contributed by atoms with Gasteiger partial charge in [0.15, 0.2) is 0 Å². The molecule has 1 aliphatic heterocycles. The summed E-state index contributed by atoms with van der Waals surface area (Å²) in [4.78, 5) is 24.9. The van der Waals surface area contributed by atoms with Crippen LogP contribution in [0.2, 0.25) is 0 Å². The largest absolute Gasteiger partial charge is 0.480 e. The number of carboxylic acid groups (broad SMARTS) is 1. The summed E-state index contributed by atoms with van der Waals surface area (Å²) in [6.45, 7) is 2.24. The molecule has 4 rings (SSSR count). The number of hydrogen-bond donors (Lipinski definition) is 2. The molecular formula is C27H32FNO5. The second kappa shape index (κ2) is 9.74. The number of nitrogens with two attached hydrogens (primary N) is 1. The van der Waals surface area contributed by atoms with Crippen LogP contribution >= 0.6 is 0 Å². The quantitative estimate of drug-likeness (QED) is 0.341. The normalized spacial score (nSPS) is 22.6. The van der Waals surface area contributed by atoms with Crippen molar-refractivity contribution in [1.29, 1.82) is 0 Å². The minimum atomic E-state index is -2.37. The van der Waals surface area contributed by atoms with Crippen LogP contribution in [0.1, 0.15) is 68.9 Å². The lowest BCUT2D eigenvalue weighted by Crippen LogP contribution is -2.54. The van der Waals surface area contributed by atoms with Crippen LogP contribution in [0.15, 0.2) is 48.5 Å². The third-order valence-electron chi connectivity index (χ3n) is 7.08. The number of unbranched alkanes of at least 4 members (excludes halogenated alkanes) is 4. The maximum atomic E-state index is 15.5. The molecule has 3 N–H and O–H groups in total. The molecule has 0 spiro atoms. The standard InChI is InChI=1S/C27H32FNO5/c1-2-3-4-5-10-15-33-25(32)26(28)17-23(26)27(29,24(30)31)16-20-18-11-6-8-13-21(18)34-22-14-9-7-12-19(20)22/h6-9,11-14,20,23H,2-5,10,15-17,29H2,1H3,(H,30,31). The van der Waals surface area contributed by atoms with Gasteiger partial charge in [0, 0.05) is 29.4 Å². The molecule has 0 saturated heterocycles. The number of hydrogen-bond acceptors (Lipinski definition) is 5. The maximum absolute atomic E-state index is 15.5. The van der Waals surface area contributed by atoms with E-state index in [9.17, 15) is 14.7 Å². The number of alkyl halides is 1. The van der Waals surface area contributed by atoms with Crippen molar-refractivity contribution < 1.29 is 28.6 Å². The number of aliphatic carboxylic acids is 1. The first-order valence-electron chi connectivity index (χ1n) is 12.1. The molecule has 2 aromatic carbocycles. The Kier molecular flexibility index (Phi) is 6.94. The number of fused-ring (bicyclic) bond motifs is 2. The van der Waals surface area contributed by atoms with E-state index in [1.807, 2.05) is 48.5 Å². The Morgan fingerprint density at radius 3 is 2.26 bits per heavy atom. The first-order chi connectivity index (χ1) is 16.3. The average molecular weight is 470 g/mol. The molecular weight excluding hydrogens is 437 g/mol. The molecule has 1 heterocycles. The number of benzene rings is 2. The lowest BCUT2D eigenvalue weighted by Gasteiger charge is -2.34. The van der Waals surface area contributed by atoms with E-state index in [1.54, 1.807) is 0 Å². The van der Waals surface area contributed by atoms with Crippen molar-refractivity contribution in [3.05, 3.63) is 59.7 Å². The van der Waals surface area contributed by atoms with Crippen molar-refractivity contribution in [3.63, 3.8) is 0 Å². The van der Waals surface area contributed by atoms with E-state index in [2.05, 4.69) is 6.92 Å². The Bertz CT molecular complexity index is 1010. The zero-order chi connectivity index (χ0) is 24.3. The molecule has 0 bridgehead atoms. The number of carboxylic acids is 1. The Hall–Kier alpha value is -2.93. The SMILES string of the molecule is CCCCCCCOC(=O)C1(F)CC1C(N)(CC1c2ccccc2Oc2ccccc21)C(=O)O. The molecule has 1 saturated carbocycles. The fraction of sp³-hybridized carbons (Fsp3) is 0.481. The van der Waals surface area contributed by atoms with Crippen LogP contribution in [-0.2, 0) is 14.3 Å². The summed E-state index contributed by atoms with van der Waals surface area (Å²) in [6, 6.07) is 14.7. The van der Waals surface area contributed by atoms with E-state index < -0.39 is 35.0 Å². The summed E-state index contributed by atoms with van der Waals surface area (Å²) in [5.74, 6) is -2.68. The molecule has 3 atom stereocenters.